The average Bonchev–Trinajstić information content (AvgIpc) is 3.20. The summed E-state index contributed by atoms with van der Waals surface area (Å²) in [7, 11) is 1.67. The van der Waals surface area contributed by atoms with E-state index in [2.05, 4.69) is 22.0 Å². The number of H-pyrrole nitrogens is 1. The number of hydrogen-bond donors (Lipinski definition) is 1. The van der Waals surface area contributed by atoms with Gasteiger partial charge in [0, 0.05) is 33.2 Å². The number of ether oxygens (including phenoxy) is 2. The molecule has 0 fully saturated rings. The Morgan fingerprint density at radius 3 is 2.61 bits per heavy atom. The maximum Gasteiger partial charge on any atom is 0.260 e. The van der Waals surface area contributed by atoms with E-state index in [0.717, 1.165) is 51.5 Å². The van der Waals surface area contributed by atoms with Gasteiger partial charge in [0.05, 0.1) is 13.2 Å². The summed E-state index contributed by atoms with van der Waals surface area (Å²) in [6, 6.07) is 21.6. The Morgan fingerprint density at radius 2 is 1.85 bits per heavy atom. The maximum absolute atomic E-state index is 6.31. The highest BCUT2D eigenvalue weighted by Crippen LogP contribution is 2.40. The third kappa shape index (κ3) is 4.41. The molecule has 33 heavy (non-hydrogen) atoms. The molecule has 1 atom stereocenters. The Hall–Kier alpha value is -2.73. The fourth-order valence-corrected chi connectivity index (χ4v) is 5.09. The minimum atomic E-state index is -0.113. The minimum Gasteiger partial charge on any atom is -0.497 e. The number of hydrogen-bond acceptors (Lipinski definition) is 3. The quantitative estimate of drug-likeness (QED) is 0.310. The molecule has 4 nitrogen and oxygen atoms in total. The number of aromatic nitrogens is 1. The average molecular weight is 497 g/mol. The van der Waals surface area contributed by atoms with Crippen molar-refractivity contribution in [1.82, 2.24) is 9.88 Å². The molecule has 0 aliphatic carbocycles. The lowest BCUT2D eigenvalue weighted by molar-refractivity contribution is 0.206. The Labute approximate surface area is 208 Å². The minimum absolute atomic E-state index is 0.113. The molecule has 2 heterocycles. The summed E-state index contributed by atoms with van der Waals surface area (Å²) in [5.41, 5.74) is 5.52. The van der Waals surface area contributed by atoms with E-state index in [1.54, 1.807) is 7.11 Å². The van der Waals surface area contributed by atoms with Gasteiger partial charge < -0.3 is 19.4 Å². The predicted octanol–water partition coefficient (Wildman–Crippen LogP) is 6.93. The van der Waals surface area contributed by atoms with Crippen LogP contribution in [0.5, 0.6) is 5.75 Å². The van der Waals surface area contributed by atoms with Gasteiger partial charge in [0.2, 0.25) is 0 Å². The van der Waals surface area contributed by atoms with Gasteiger partial charge in [-0.15, -0.1) is 0 Å². The largest absolute Gasteiger partial charge is 0.497 e. The molecule has 1 aliphatic rings. The van der Waals surface area contributed by atoms with Gasteiger partial charge in [-0.25, -0.2) is 0 Å². The third-order valence-electron chi connectivity index (χ3n) is 6.01. The summed E-state index contributed by atoms with van der Waals surface area (Å²) in [4.78, 5) is 5.76. The fraction of sp³-hybridized carbons (Fsp3) is 0.192. The van der Waals surface area contributed by atoms with Crippen LogP contribution in [0, 0.1) is 0 Å². The lowest BCUT2D eigenvalue weighted by Gasteiger charge is -2.37. The number of halogens is 2. The van der Waals surface area contributed by atoms with Crippen LogP contribution < -0.4 is 4.74 Å². The molecule has 0 radical (unpaired) electrons. The topological polar surface area (TPSA) is 37.5 Å². The molecular formula is C26H22Cl2N2O2S. The van der Waals surface area contributed by atoms with Crippen LogP contribution in [0.3, 0.4) is 0 Å². The van der Waals surface area contributed by atoms with Crippen molar-refractivity contribution in [3.63, 3.8) is 0 Å². The number of rotatable bonds is 4. The molecule has 1 aliphatic heterocycles. The van der Waals surface area contributed by atoms with Crippen LogP contribution in [0.2, 0.25) is 10.0 Å². The van der Waals surface area contributed by atoms with E-state index in [9.17, 15) is 0 Å². The summed E-state index contributed by atoms with van der Waals surface area (Å²) in [5.74, 6) is 0.810. The van der Waals surface area contributed by atoms with E-state index in [-0.39, 0.29) is 6.04 Å². The molecule has 5 rings (SSSR count). The summed E-state index contributed by atoms with van der Waals surface area (Å²) >= 11 is 18.2. The van der Waals surface area contributed by atoms with Gasteiger partial charge in [-0.2, -0.15) is 0 Å². The Morgan fingerprint density at radius 1 is 1.06 bits per heavy atom. The molecular weight excluding hydrogens is 475 g/mol. The maximum atomic E-state index is 6.31. The highest BCUT2D eigenvalue weighted by atomic mass is 35.5. The van der Waals surface area contributed by atoms with Gasteiger partial charge in [0.1, 0.15) is 12.4 Å². The van der Waals surface area contributed by atoms with Gasteiger partial charge in [-0.3, -0.25) is 0 Å². The van der Waals surface area contributed by atoms with Gasteiger partial charge >= 0.3 is 0 Å². The van der Waals surface area contributed by atoms with Crippen LogP contribution in [-0.4, -0.2) is 28.7 Å². The molecule has 0 amide bonds. The van der Waals surface area contributed by atoms with Crippen molar-refractivity contribution in [2.75, 3.05) is 13.7 Å². The van der Waals surface area contributed by atoms with E-state index >= 15 is 0 Å². The molecule has 3 aromatic carbocycles. The molecule has 0 saturated carbocycles. The molecule has 1 aromatic heterocycles. The lowest BCUT2D eigenvalue weighted by atomic mass is 9.93. The standard InChI is InChI=1S/C26H22Cl2N2O2S/c1-31-20-8-5-17(6-9-20)25-24-21(22-14-19(28)7-10-23(22)29-24)11-12-30(25)26(33)32-15-16-3-2-4-18(27)13-16/h2-10,13-14,25,29H,11-12,15H2,1H3. The number of benzene rings is 3. The van der Waals surface area contributed by atoms with Crippen molar-refractivity contribution in [3.8, 4) is 5.75 Å². The van der Waals surface area contributed by atoms with Gasteiger partial charge in [0.25, 0.3) is 5.17 Å². The lowest BCUT2D eigenvalue weighted by Crippen LogP contribution is -2.40. The van der Waals surface area contributed by atoms with E-state index in [1.807, 2.05) is 54.6 Å². The summed E-state index contributed by atoms with van der Waals surface area (Å²) < 4.78 is 11.4. The normalized spacial score (nSPS) is 15.4. The number of nitrogens with one attached hydrogen (secondary N) is 1. The first-order chi connectivity index (χ1) is 16.0. The van der Waals surface area contributed by atoms with Crippen molar-refractivity contribution in [2.45, 2.75) is 19.1 Å². The van der Waals surface area contributed by atoms with Crippen LogP contribution in [-0.2, 0) is 17.8 Å². The van der Waals surface area contributed by atoms with E-state index in [0.29, 0.717) is 16.8 Å². The fourth-order valence-electron chi connectivity index (χ4n) is 4.44. The van der Waals surface area contributed by atoms with Crippen molar-refractivity contribution in [1.29, 1.82) is 0 Å². The number of nitrogens with zero attached hydrogens (tertiary/aromatic N) is 1. The molecule has 7 heteroatoms. The first kappa shape index (κ1) is 22.1. The molecule has 1 N–H and O–H groups in total. The summed E-state index contributed by atoms with van der Waals surface area (Å²) in [6.45, 7) is 1.10. The number of thiocarbonyl (C=S) groups is 1. The molecule has 1 unspecified atom stereocenters. The number of aromatic amines is 1. The Kier molecular flexibility index (Phi) is 6.19. The van der Waals surface area contributed by atoms with Gasteiger partial charge in [-0.05, 0) is 77.8 Å². The smallest absolute Gasteiger partial charge is 0.260 e. The van der Waals surface area contributed by atoms with Crippen molar-refractivity contribution >= 4 is 51.5 Å². The first-order valence-corrected chi connectivity index (χ1v) is 11.8. The summed E-state index contributed by atoms with van der Waals surface area (Å²) in [5, 5.41) is 3.02. The Bertz CT molecular complexity index is 1320. The van der Waals surface area contributed by atoms with Gasteiger partial charge in [-0.1, -0.05) is 47.5 Å². The van der Waals surface area contributed by atoms with Crippen LogP contribution in [0.25, 0.3) is 10.9 Å². The SMILES string of the molecule is COc1ccc(C2c3[nH]c4ccc(Cl)cc4c3CCN2C(=S)OCc2cccc(Cl)c2)cc1. The Balaban J connectivity index is 1.51. The molecule has 0 saturated heterocycles. The number of methoxy groups -OCH3 is 1. The second-order valence-electron chi connectivity index (χ2n) is 8.01. The van der Waals surface area contributed by atoms with E-state index < -0.39 is 0 Å². The van der Waals surface area contributed by atoms with E-state index in [4.69, 9.17) is 44.9 Å². The van der Waals surface area contributed by atoms with Crippen molar-refractivity contribution in [2.24, 2.45) is 0 Å². The second kappa shape index (κ2) is 9.26. The van der Waals surface area contributed by atoms with Crippen LogP contribution in [0.1, 0.15) is 28.4 Å². The van der Waals surface area contributed by atoms with Crippen molar-refractivity contribution in [3.05, 3.63) is 99.2 Å². The zero-order chi connectivity index (χ0) is 22.9. The van der Waals surface area contributed by atoms with Gasteiger partial charge in [0.15, 0.2) is 0 Å². The summed E-state index contributed by atoms with van der Waals surface area (Å²) in [6.07, 6.45) is 0.836. The zero-order valence-electron chi connectivity index (χ0n) is 18.0. The van der Waals surface area contributed by atoms with E-state index in [1.165, 1.54) is 5.56 Å². The van der Waals surface area contributed by atoms with Crippen LogP contribution >= 0.6 is 35.4 Å². The molecule has 0 bridgehead atoms. The monoisotopic (exact) mass is 496 g/mol. The van der Waals surface area contributed by atoms with Crippen LogP contribution in [0.15, 0.2) is 66.7 Å². The number of fused-ring (bicyclic) bond motifs is 3. The highest BCUT2D eigenvalue weighted by molar-refractivity contribution is 7.80. The van der Waals surface area contributed by atoms with Crippen LogP contribution in [0.4, 0.5) is 0 Å². The first-order valence-electron chi connectivity index (χ1n) is 10.7. The molecule has 0 spiro atoms. The molecule has 4 aromatic rings. The highest BCUT2D eigenvalue weighted by Gasteiger charge is 2.34. The predicted molar refractivity (Wildman–Crippen MR) is 137 cm³/mol. The molecule has 168 valence electrons. The zero-order valence-corrected chi connectivity index (χ0v) is 20.3. The second-order valence-corrected chi connectivity index (χ2v) is 9.23. The third-order valence-corrected chi connectivity index (χ3v) is 6.83. The van der Waals surface area contributed by atoms with Crippen molar-refractivity contribution < 1.29 is 9.47 Å².